The first-order chi connectivity index (χ1) is 14.0. The van der Waals surface area contributed by atoms with Crippen molar-refractivity contribution in [2.24, 2.45) is 0 Å². The molecule has 1 aliphatic heterocycles. The third-order valence-electron chi connectivity index (χ3n) is 5.77. The van der Waals surface area contributed by atoms with Crippen LogP contribution in [0, 0.1) is 0 Å². The summed E-state index contributed by atoms with van der Waals surface area (Å²) in [7, 11) is 1.66. The minimum absolute atomic E-state index is 0.359. The molecule has 3 aromatic carbocycles. The van der Waals surface area contributed by atoms with Crippen LogP contribution >= 0.6 is 0 Å². The summed E-state index contributed by atoms with van der Waals surface area (Å²) in [4.78, 5) is 29.0. The summed E-state index contributed by atoms with van der Waals surface area (Å²) in [6.07, 6.45) is 0. The van der Waals surface area contributed by atoms with Crippen LogP contribution in [0.1, 0.15) is 25.3 Å². The van der Waals surface area contributed by atoms with E-state index < -0.39 is 0 Å². The van der Waals surface area contributed by atoms with Crippen molar-refractivity contribution >= 4 is 11.4 Å². The Morgan fingerprint density at radius 2 is 1.52 bits per heavy atom. The second-order valence-corrected chi connectivity index (χ2v) is 7.83. The number of piperazine rings is 1. The average molecular weight is 390 g/mol. The van der Waals surface area contributed by atoms with Crippen LogP contribution in [-0.4, -0.2) is 33.3 Å². The molecule has 1 saturated heterocycles. The summed E-state index contributed by atoms with van der Waals surface area (Å²) < 4.78 is 5.32. The Morgan fingerprint density at radius 3 is 2.14 bits per heavy atom. The molecule has 1 aliphatic rings. The van der Waals surface area contributed by atoms with E-state index in [4.69, 9.17) is 4.74 Å². The summed E-state index contributed by atoms with van der Waals surface area (Å²) in [5.74, 6) is 1.26. The van der Waals surface area contributed by atoms with Crippen LogP contribution in [0.2, 0.25) is 0 Å². The summed E-state index contributed by atoms with van der Waals surface area (Å²) in [6, 6.07) is 16.0. The predicted molar refractivity (Wildman–Crippen MR) is 118 cm³/mol. The van der Waals surface area contributed by atoms with Gasteiger partial charge in [0, 0.05) is 37.9 Å². The van der Waals surface area contributed by atoms with Crippen molar-refractivity contribution in [3.8, 4) is 16.9 Å². The molecule has 0 unspecified atom stereocenters. The normalized spacial score (nSPS) is 14.6. The second kappa shape index (κ2) is 7.74. The van der Waals surface area contributed by atoms with E-state index in [9.17, 15) is 9.59 Å². The predicted octanol–water partition coefficient (Wildman–Crippen LogP) is 3.41. The van der Waals surface area contributed by atoms with Gasteiger partial charge in [0.2, 0.25) is 10.9 Å². The van der Waals surface area contributed by atoms with Gasteiger partial charge in [-0.25, -0.2) is 0 Å². The minimum Gasteiger partial charge on any atom is -0.497 e. The first-order valence-corrected chi connectivity index (χ1v) is 10.1. The van der Waals surface area contributed by atoms with E-state index >= 15 is 0 Å². The maximum absolute atomic E-state index is 12.4. The van der Waals surface area contributed by atoms with E-state index in [-0.39, 0.29) is 10.9 Å². The van der Waals surface area contributed by atoms with Crippen LogP contribution in [-0.2, 0) is 0 Å². The molecule has 0 amide bonds. The van der Waals surface area contributed by atoms with Crippen LogP contribution in [0.25, 0.3) is 11.1 Å². The van der Waals surface area contributed by atoms with E-state index in [1.165, 1.54) is 5.56 Å². The number of benzene rings is 2. The van der Waals surface area contributed by atoms with Gasteiger partial charge in [-0.3, -0.25) is 9.59 Å². The molecule has 0 saturated carbocycles. The largest absolute Gasteiger partial charge is 0.497 e. The highest BCUT2D eigenvalue weighted by molar-refractivity contribution is 5.83. The molecule has 0 spiro atoms. The Bertz CT molecular complexity index is 1070. The first kappa shape index (κ1) is 19.2. The summed E-state index contributed by atoms with van der Waals surface area (Å²) >= 11 is 0. The molecular formula is C24H26N2O3. The van der Waals surface area contributed by atoms with E-state index in [0.717, 1.165) is 30.1 Å². The van der Waals surface area contributed by atoms with Gasteiger partial charge >= 0.3 is 0 Å². The molecule has 5 heteroatoms. The van der Waals surface area contributed by atoms with Gasteiger partial charge in [-0.15, -0.1) is 0 Å². The zero-order chi connectivity index (χ0) is 20.5. The summed E-state index contributed by atoms with van der Waals surface area (Å²) in [5.41, 5.74) is 3.59. The number of rotatable bonds is 5. The Morgan fingerprint density at radius 1 is 0.862 bits per heavy atom. The number of ether oxygens (including phenoxy) is 1. The highest BCUT2D eigenvalue weighted by atomic mass is 16.5. The molecule has 1 fully saturated rings. The standard InChI is InChI=1S/C24H26N2O3/c1-16(2)17-7-9-18(10-8-17)21-22(24(28)23(21)27)26-13-11-25(12-14-26)19-5-4-6-20(15-19)29-3/h4-10,15-16H,11-14H2,1-3H3. The lowest BCUT2D eigenvalue weighted by Crippen LogP contribution is -2.51. The van der Waals surface area contributed by atoms with Gasteiger partial charge < -0.3 is 14.5 Å². The highest BCUT2D eigenvalue weighted by Crippen LogP contribution is 2.30. The van der Waals surface area contributed by atoms with E-state index in [2.05, 4.69) is 29.7 Å². The Hall–Kier alpha value is -3.08. The molecule has 4 rings (SSSR count). The Balaban J connectivity index is 1.53. The summed E-state index contributed by atoms with van der Waals surface area (Å²) in [6.45, 7) is 7.27. The van der Waals surface area contributed by atoms with Gasteiger partial charge in [0.1, 0.15) is 11.4 Å². The lowest BCUT2D eigenvalue weighted by molar-refractivity contribution is 0.414. The minimum atomic E-state index is -0.368. The average Bonchev–Trinajstić information content (AvgIpc) is 2.77. The fourth-order valence-corrected chi connectivity index (χ4v) is 3.98. The zero-order valence-electron chi connectivity index (χ0n) is 17.1. The molecule has 0 bridgehead atoms. The maximum atomic E-state index is 12.4. The zero-order valence-corrected chi connectivity index (χ0v) is 17.1. The monoisotopic (exact) mass is 390 g/mol. The van der Waals surface area contributed by atoms with E-state index in [0.29, 0.717) is 30.3 Å². The van der Waals surface area contributed by atoms with Crippen LogP contribution < -0.4 is 25.4 Å². The summed E-state index contributed by atoms with van der Waals surface area (Å²) in [5, 5.41) is 0. The van der Waals surface area contributed by atoms with Crippen molar-refractivity contribution in [1.29, 1.82) is 0 Å². The number of anilines is 2. The third-order valence-corrected chi connectivity index (χ3v) is 5.77. The van der Waals surface area contributed by atoms with E-state index in [1.807, 2.05) is 42.5 Å². The van der Waals surface area contributed by atoms with Gasteiger partial charge in [-0.2, -0.15) is 0 Å². The number of hydrogen-bond acceptors (Lipinski definition) is 5. The molecule has 29 heavy (non-hydrogen) atoms. The highest BCUT2D eigenvalue weighted by Gasteiger charge is 2.29. The number of hydrogen-bond donors (Lipinski definition) is 0. The molecule has 0 N–H and O–H groups in total. The molecule has 1 heterocycles. The second-order valence-electron chi connectivity index (χ2n) is 7.83. The van der Waals surface area contributed by atoms with Crippen molar-refractivity contribution in [1.82, 2.24) is 0 Å². The molecule has 5 nitrogen and oxygen atoms in total. The molecule has 0 atom stereocenters. The lowest BCUT2D eigenvalue weighted by Gasteiger charge is -2.38. The van der Waals surface area contributed by atoms with Crippen LogP contribution in [0.4, 0.5) is 11.4 Å². The quantitative estimate of drug-likeness (QED) is 0.625. The van der Waals surface area contributed by atoms with E-state index in [1.54, 1.807) is 7.11 Å². The lowest BCUT2D eigenvalue weighted by atomic mass is 9.94. The molecule has 0 aliphatic carbocycles. The number of nitrogens with zero attached hydrogens (tertiary/aromatic N) is 2. The van der Waals surface area contributed by atoms with Gasteiger partial charge in [0.15, 0.2) is 0 Å². The fourth-order valence-electron chi connectivity index (χ4n) is 3.98. The SMILES string of the molecule is COc1cccc(N2CCN(c3c(-c4ccc(C(C)C)cc4)c(=O)c3=O)CC2)c1. The van der Waals surface area contributed by atoms with Crippen molar-refractivity contribution in [2.45, 2.75) is 19.8 Å². The van der Waals surface area contributed by atoms with Gasteiger partial charge in [-0.05, 0) is 29.2 Å². The maximum Gasteiger partial charge on any atom is 0.250 e. The Kier molecular flexibility index (Phi) is 5.14. The van der Waals surface area contributed by atoms with Gasteiger partial charge in [-0.1, -0.05) is 44.2 Å². The van der Waals surface area contributed by atoms with Crippen molar-refractivity contribution < 1.29 is 4.74 Å². The fraction of sp³-hybridized carbons (Fsp3) is 0.333. The topological polar surface area (TPSA) is 49.9 Å². The van der Waals surface area contributed by atoms with Crippen molar-refractivity contribution in [2.75, 3.05) is 43.1 Å². The third kappa shape index (κ3) is 3.53. The molecule has 0 aromatic heterocycles. The van der Waals surface area contributed by atoms with Gasteiger partial charge in [0.25, 0.3) is 0 Å². The van der Waals surface area contributed by atoms with Crippen LogP contribution in [0.5, 0.6) is 5.75 Å². The Labute approximate surface area is 170 Å². The van der Waals surface area contributed by atoms with Crippen molar-refractivity contribution in [3.05, 3.63) is 74.5 Å². The van der Waals surface area contributed by atoms with Crippen molar-refractivity contribution in [3.63, 3.8) is 0 Å². The molecular weight excluding hydrogens is 364 g/mol. The number of methoxy groups -OCH3 is 1. The van der Waals surface area contributed by atoms with Gasteiger partial charge in [0.05, 0.1) is 12.7 Å². The smallest absolute Gasteiger partial charge is 0.250 e. The first-order valence-electron chi connectivity index (χ1n) is 10.1. The molecule has 0 radical (unpaired) electrons. The molecule has 3 aromatic rings. The van der Waals surface area contributed by atoms with Crippen LogP contribution in [0.3, 0.4) is 0 Å². The molecule has 150 valence electrons. The van der Waals surface area contributed by atoms with Crippen LogP contribution in [0.15, 0.2) is 58.1 Å².